The van der Waals surface area contributed by atoms with Crippen molar-refractivity contribution >= 4 is 5.91 Å². The smallest absolute Gasteiger partial charge is 0.239 e. The number of ether oxygens (including phenoxy) is 1. The van der Waals surface area contributed by atoms with Gasteiger partial charge in [-0.05, 0) is 19.4 Å². The van der Waals surface area contributed by atoms with Crippen molar-refractivity contribution in [2.75, 3.05) is 13.7 Å². The minimum absolute atomic E-state index is 0.0388. The Hall–Kier alpha value is -0.870. The van der Waals surface area contributed by atoms with E-state index in [2.05, 4.69) is 17.2 Å². The van der Waals surface area contributed by atoms with Crippen molar-refractivity contribution in [2.24, 2.45) is 5.92 Å². The maximum Gasteiger partial charge on any atom is 0.239 e. The van der Waals surface area contributed by atoms with Gasteiger partial charge in [0.1, 0.15) is 5.72 Å². The lowest BCUT2D eigenvalue weighted by atomic mass is 10.2. The molecule has 2 aliphatic rings. The number of hydrogen-bond acceptors (Lipinski definition) is 3. The van der Waals surface area contributed by atoms with Gasteiger partial charge in [-0.15, -0.1) is 6.58 Å². The standard InChI is InChI=1S/C11H18N2O2/c1-3-8-7-11(8,15-2)13-10(14)9-5-4-6-12-9/h3,8-9,12H,1,4-7H2,2H3,(H,13,14). The van der Waals surface area contributed by atoms with Crippen molar-refractivity contribution in [3.05, 3.63) is 12.7 Å². The first-order valence-electron chi connectivity index (χ1n) is 5.45. The summed E-state index contributed by atoms with van der Waals surface area (Å²) in [5.74, 6) is 0.312. The lowest BCUT2D eigenvalue weighted by Gasteiger charge is -2.19. The molecule has 1 amide bonds. The monoisotopic (exact) mass is 210 g/mol. The topological polar surface area (TPSA) is 50.4 Å². The van der Waals surface area contributed by atoms with Gasteiger partial charge >= 0.3 is 0 Å². The molecule has 3 atom stereocenters. The Bertz CT molecular complexity index is 274. The Kier molecular flexibility index (Phi) is 2.80. The Morgan fingerprint density at radius 2 is 2.53 bits per heavy atom. The number of carbonyl (C=O) groups excluding carboxylic acids is 1. The molecule has 1 saturated heterocycles. The third kappa shape index (κ3) is 1.92. The number of amides is 1. The van der Waals surface area contributed by atoms with Gasteiger partial charge in [-0.2, -0.15) is 0 Å². The van der Waals surface area contributed by atoms with Crippen LogP contribution in [-0.2, 0) is 9.53 Å². The molecule has 2 rings (SSSR count). The quantitative estimate of drug-likeness (QED) is 0.522. The second kappa shape index (κ2) is 3.94. The first-order valence-corrected chi connectivity index (χ1v) is 5.45. The average molecular weight is 210 g/mol. The third-order valence-electron chi connectivity index (χ3n) is 3.32. The summed E-state index contributed by atoms with van der Waals surface area (Å²) in [4.78, 5) is 11.8. The lowest BCUT2D eigenvalue weighted by Crippen LogP contribution is -2.48. The van der Waals surface area contributed by atoms with E-state index in [4.69, 9.17) is 4.74 Å². The molecule has 1 heterocycles. The van der Waals surface area contributed by atoms with Gasteiger partial charge in [0.25, 0.3) is 0 Å². The summed E-state index contributed by atoms with van der Waals surface area (Å²) in [6, 6.07) is -0.0388. The van der Waals surface area contributed by atoms with Crippen molar-refractivity contribution in [3.8, 4) is 0 Å². The van der Waals surface area contributed by atoms with E-state index in [0.717, 1.165) is 25.8 Å². The van der Waals surface area contributed by atoms with Gasteiger partial charge in [-0.3, -0.25) is 4.79 Å². The third-order valence-corrected chi connectivity index (χ3v) is 3.32. The number of methoxy groups -OCH3 is 1. The molecule has 4 heteroatoms. The SMILES string of the molecule is C=CC1CC1(NC(=O)C1CCCN1)OC. The van der Waals surface area contributed by atoms with Crippen LogP contribution in [-0.4, -0.2) is 31.3 Å². The molecule has 2 fully saturated rings. The molecule has 0 aromatic rings. The van der Waals surface area contributed by atoms with Gasteiger partial charge in [0.2, 0.25) is 5.91 Å². The van der Waals surface area contributed by atoms with E-state index in [1.165, 1.54) is 0 Å². The van der Waals surface area contributed by atoms with Crippen LogP contribution in [0.1, 0.15) is 19.3 Å². The molecule has 0 aromatic heterocycles. The van der Waals surface area contributed by atoms with E-state index in [9.17, 15) is 4.79 Å². The van der Waals surface area contributed by atoms with E-state index < -0.39 is 5.72 Å². The van der Waals surface area contributed by atoms with Gasteiger partial charge in [0.05, 0.1) is 6.04 Å². The highest BCUT2D eigenvalue weighted by Gasteiger charge is 2.55. The van der Waals surface area contributed by atoms with Gasteiger partial charge in [-0.1, -0.05) is 6.08 Å². The first-order chi connectivity index (χ1) is 7.22. The van der Waals surface area contributed by atoms with Crippen LogP contribution in [0.3, 0.4) is 0 Å². The highest BCUT2D eigenvalue weighted by Crippen LogP contribution is 2.44. The second-order valence-electron chi connectivity index (χ2n) is 4.28. The largest absolute Gasteiger partial charge is 0.358 e. The number of nitrogens with one attached hydrogen (secondary N) is 2. The summed E-state index contributed by atoms with van der Waals surface area (Å²) in [5.41, 5.74) is -0.469. The molecular formula is C11H18N2O2. The fraction of sp³-hybridized carbons (Fsp3) is 0.727. The predicted molar refractivity (Wildman–Crippen MR) is 57.2 cm³/mol. The normalized spacial score (nSPS) is 38.7. The molecule has 0 spiro atoms. The maximum absolute atomic E-state index is 11.8. The second-order valence-corrected chi connectivity index (χ2v) is 4.28. The van der Waals surface area contributed by atoms with Crippen LogP contribution in [0.2, 0.25) is 0 Å². The Morgan fingerprint density at radius 1 is 1.73 bits per heavy atom. The maximum atomic E-state index is 11.8. The molecule has 3 unspecified atom stereocenters. The predicted octanol–water partition coefficient (Wildman–Crippen LogP) is 0.403. The first kappa shape index (κ1) is 10.6. The molecule has 84 valence electrons. The van der Waals surface area contributed by atoms with E-state index in [1.54, 1.807) is 7.11 Å². The number of rotatable bonds is 4. The highest BCUT2D eigenvalue weighted by atomic mass is 16.5. The van der Waals surface area contributed by atoms with Crippen LogP contribution in [0.15, 0.2) is 12.7 Å². The zero-order chi connectivity index (χ0) is 10.9. The van der Waals surface area contributed by atoms with Crippen molar-refractivity contribution < 1.29 is 9.53 Å². The summed E-state index contributed by atoms with van der Waals surface area (Å²) in [5, 5.41) is 6.14. The van der Waals surface area contributed by atoms with Crippen LogP contribution in [0.5, 0.6) is 0 Å². The number of carbonyl (C=O) groups is 1. The van der Waals surface area contributed by atoms with Crippen molar-refractivity contribution in [1.29, 1.82) is 0 Å². The molecule has 0 aromatic carbocycles. The van der Waals surface area contributed by atoms with Crippen LogP contribution < -0.4 is 10.6 Å². The molecule has 0 bridgehead atoms. The molecule has 1 saturated carbocycles. The van der Waals surface area contributed by atoms with E-state index in [0.29, 0.717) is 0 Å². The summed E-state index contributed by atoms with van der Waals surface area (Å²) < 4.78 is 5.35. The Morgan fingerprint density at radius 3 is 3.00 bits per heavy atom. The lowest BCUT2D eigenvalue weighted by molar-refractivity contribution is -0.127. The zero-order valence-electron chi connectivity index (χ0n) is 9.08. The Labute approximate surface area is 90.1 Å². The molecule has 4 nitrogen and oxygen atoms in total. The minimum atomic E-state index is -0.469. The van der Waals surface area contributed by atoms with Gasteiger partial charge in [-0.25, -0.2) is 0 Å². The van der Waals surface area contributed by atoms with Gasteiger partial charge in [0, 0.05) is 19.4 Å². The fourth-order valence-corrected chi connectivity index (χ4v) is 2.17. The summed E-state index contributed by atoms with van der Waals surface area (Å²) in [6.45, 7) is 4.66. The van der Waals surface area contributed by atoms with Gasteiger partial charge < -0.3 is 15.4 Å². The Balaban J connectivity index is 1.90. The van der Waals surface area contributed by atoms with Crippen LogP contribution in [0, 0.1) is 5.92 Å². The summed E-state index contributed by atoms with van der Waals surface area (Å²) >= 11 is 0. The molecule has 0 radical (unpaired) electrons. The fourth-order valence-electron chi connectivity index (χ4n) is 2.17. The zero-order valence-corrected chi connectivity index (χ0v) is 9.08. The summed E-state index contributed by atoms with van der Waals surface area (Å²) in [6.07, 6.45) is 4.67. The van der Waals surface area contributed by atoms with Crippen LogP contribution in [0.4, 0.5) is 0 Å². The highest BCUT2D eigenvalue weighted by molar-refractivity contribution is 5.83. The summed E-state index contributed by atoms with van der Waals surface area (Å²) in [7, 11) is 1.63. The molecule has 1 aliphatic carbocycles. The molecule has 2 N–H and O–H groups in total. The van der Waals surface area contributed by atoms with Crippen LogP contribution >= 0.6 is 0 Å². The molecular weight excluding hydrogens is 192 g/mol. The van der Waals surface area contributed by atoms with E-state index in [1.807, 2.05) is 6.08 Å². The molecule has 15 heavy (non-hydrogen) atoms. The van der Waals surface area contributed by atoms with E-state index in [-0.39, 0.29) is 17.9 Å². The number of hydrogen-bond donors (Lipinski definition) is 2. The molecule has 1 aliphatic heterocycles. The minimum Gasteiger partial charge on any atom is -0.358 e. The van der Waals surface area contributed by atoms with Crippen molar-refractivity contribution in [3.63, 3.8) is 0 Å². The average Bonchev–Trinajstić information content (AvgIpc) is 2.70. The van der Waals surface area contributed by atoms with E-state index >= 15 is 0 Å². The van der Waals surface area contributed by atoms with Gasteiger partial charge in [0.15, 0.2) is 0 Å². The van der Waals surface area contributed by atoms with Crippen molar-refractivity contribution in [1.82, 2.24) is 10.6 Å². The van der Waals surface area contributed by atoms with Crippen LogP contribution in [0.25, 0.3) is 0 Å². The van der Waals surface area contributed by atoms with Crippen molar-refractivity contribution in [2.45, 2.75) is 31.0 Å².